The third-order valence-electron chi connectivity index (χ3n) is 2.76. The van der Waals surface area contributed by atoms with Gasteiger partial charge in [0.25, 0.3) is 0 Å². The lowest BCUT2D eigenvalue weighted by atomic mass is 9.90. The van der Waals surface area contributed by atoms with E-state index in [1.54, 1.807) is 7.11 Å². The second-order valence-corrected chi connectivity index (χ2v) is 7.98. The Balaban J connectivity index is 2.79. The average Bonchev–Trinajstić information content (AvgIpc) is 2.65. The first-order valence-corrected chi connectivity index (χ1v) is 8.52. The van der Waals surface area contributed by atoms with E-state index in [0.717, 1.165) is 24.2 Å². The molecule has 1 heterocycles. The van der Waals surface area contributed by atoms with Crippen molar-refractivity contribution in [2.75, 3.05) is 37.6 Å². The number of rotatable bonds is 7. The topological polar surface area (TPSA) is 94.3 Å². The van der Waals surface area contributed by atoms with Gasteiger partial charge in [0, 0.05) is 26.5 Å². The molecule has 8 heteroatoms. The van der Waals surface area contributed by atoms with E-state index in [9.17, 15) is 8.42 Å². The predicted molar refractivity (Wildman–Crippen MR) is 78.4 cm³/mol. The smallest absolute Gasteiger partial charge is 0.182 e. The number of hydrogen-bond donors (Lipinski definition) is 2. The van der Waals surface area contributed by atoms with Crippen LogP contribution in [-0.4, -0.2) is 39.3 Å². The summed E-state index contributed by atoms with van der Waals surface area (Å²) in [7, 11) is -1.71. The van der Waals surface area contributed by atoms with Crippen LogP contribution in [0.2, 0.25) is 0 Å². The highest BCUT2D eigenvalue weighted by Crippen LogP contribution is 2.32. The standard InChI is InChI=1S/C11H21N3O3S2/c1-11(2,5-6-17-3)7-13-10-8(19(4,15)16)9(12)14-18-10/h13H,5-7H2,1-4H3,(H2,12,14). The lowest BCUT2D eigenvalue weighted by Crippen LogP contribution is -2.24. The maximum absolute atomic E-state index is 11.7. The number of methoxy groups -OCH3 is 1. The number of ether oxygens (including phenoxy) is 1. The quantitative estimate of drug-likeness (QED) is 0.794. The average molecular weight is 307 g/mol. The van der Waals surface area contributed by atoms with Crippen molar-refractivity contribution in [3.8, 4) is 0 Å². The van der Waals surface area contributed by atoms with Crippen molar-refractivity contribution in [1.29, 1.82) is 0 Å². The zero-order valence-electron chi connectivity index (χ0n) is 11.7. The summed E-state index contributed by atoms with van der Waals surface area (Å²) >= 11 is 1.07. The van der Waals surface area contributed by atoms with Crippen LogP contribution in [0.4, 0.5) is 10.8 Å². The number of nitrogens with one attached hydrogen (secondary N) is 1. The lowest BCUT2D eigenvalue weighted by molar-refractivity contribution is 0.157. The lowest BCUT2D eigenvalue weighted by Gasteiger charge is -2.24. The van der Waals surface area contributed by atoms with Crippen molar-refractivity contribution in [3.05, 3.63) is 0 Å². The molecular weight excluding hydrogens is 286 g/mol. The molecule has 19 heavy (non-hydrogen) atoms. The van der Waals surface area contributed by atoms with Crippen LogP contribution >= 0.6 is 11.5 Å². The second-order valence-electron chi connectivity index (χ2n) is 5.26. The van der Waals surface area contributed by atoms with Gasteiger partial charge in [-0.25, -0.2) is 8.42 Å². The van der Waals surface area contributed by atoms with E-state index in [1.165, 1.54) is 0 Å². The van der Waals surface area contributed by atoms with Crippen LogP contribution in [0.1, 0.15) is 20.3 Å². The van der Waals surface area contributed by atoms with Crippen molar-refractivity contribution >= 4 is 32.2 Å². The number of hydrogen-bond acceptors (Lipinski definition) is 7. The fourth-order valence-electron chi connectivity index (χ4n) is 1.55. The van der Waals surface area contributed by atoms with Gasteiger partial charge in [-0.15, -0.1) is 0 Å². The van der Waals surface area contributed by atoms with Gasteiger partial charge in [0.2, 0.25) is 0 Å². The van der Waals surface area contributed by atoms with Crippen molar-refractivity contribution in [2.45, 2.75) is 25.2 Å². The summed E-state index contributed by atoms with van der Waals surface area (Å²) in [4.78, 5) is 0.0973. The second kappa shape index (κ2) is 6.06. The summed E-state index contributed by atoms with van der Waals surface area (Å²) in [6, 6.07) is 0. The van der Waals surface area contributed by atoms with Gasteiger partial charge in [-0.2, -0.15) is 4.37 Å². The molecule has 0 radical (unpaired) electrons. The first-order valence-electron chi connectivity index (χ1n) is 5.85. The van der Waals surface area contributed by atoms with Gasteiger partial charge in [-0.05, 0) is 23.4 Å². The Kier molecular flexibility index (Phi) is 5.17. The van der Waals surface area contributed by atoms with E-state index in [4.69, 9.17) is 10.5 Å². The van der Waals surface area contributed by atoms with Crippen LogP contribution in [0.5, 0.6) is 0 Å². The molecule has 0 bridgehead atoms. The molecule has 1 aromatic heterocycles. The number of sulfone groups is 1. The molecule has 0 spiro atoms. The fourth-order valence-corrected chi connectivity index (χ4v) is 3.61. The molecule has 0 unspecified atom stereocenters. The third kappa shape index (κ3) is 4.63. The van der Waals surface area contributed by atoms with Crippen molar-refractivity contribution < 1.29 is 13.2 Å². The van der Waals surface area contributed by atoms with Gasteiger partial charge in [0.1, 0.15) is 9.90 Å². The maximum atomic E-state index is 11.7. The minimum Gasteiger partial charge on any atom is -0.385 e. The van der Waals surface area contributed by atoms with Crippen LogP contribution in [0, 0.1) is 5.41 Å². The van der Waals surface area contributed by atoms with E-state index < -0.39 is 9.84 Å². The highest BCUT2D eigenvalue weighted by molar-refractivity contribution is 7.91. The molecule has 0 atom stereocenters. The van der Waals surface area contributed by atoms with Crippen molar-refractivity contribution in [2.24, 2.45) is 5.41 Å². The molecule has 0 aliphatic rings. The van der Waals surface area contributed by atoms with Crippen LogP contribution in [0.15, 0.2) is 4.90 Å². The normalized spacial score (nSPS) is 12.6. The summed E-state index contributed by atoms with van der Waals surface area (Å²) in [5, 5.41) is 3.64. The maximum Gasteiger partial charge on any atom is 0.182 e. The van der Waals surface area contributed by atoms with Crippen LogP contribution in [-0.2, 0) is 14.6 Å². The van der Waals surface area contributed by atoms with Crippen LogP contribution in [0.25, 0.3) is 0 Å². The number of nitrogens with two attached hydrogens (primary N) is 1. The zero-order chi connectivity index (χ0) is 14.7. The molecule has 0 amide bonds. The Morgan fingerprint density at radius 3 is 2.63 bits per heavy atom. The van der Waals surface area contributed by atoms with Gasteiger partial charge < -0.3 is 15.8 Å². The van der Waals surface area contributed by atoms with Gasteiger partial charge in [0.15, 0.2) is 15.7 Å². The minimum atomic E-state index is -3.37. The van der Waals surface area contributed by atoms with Gasteiger partial charge in [-0.1, -0.05) is 13.8 Å². The zero-order valence-corrected chi connectivity index (χ0v) is 13.3. The van der Waals surface area contributed by atoms with E-state index in [1.807, 2.05) is 0 Å². The molecule has 1 rings (SSSR count). The highest BCUT2D eigenvalue weighted by Gasteiger charge is 2.23. The van der Waals surface area contributed by atoms with E-state index in [2.05, 4.69) is 23.5 Å². The molecule has 110 valence electrons. The van der Waals surface area contributed by atoms with E-state index >= 15 is 0 Å². The number of aromatic nitrogens is 1. The molecule has 0 aliphatic heterocycles. The molecule has 0 saturated carbocycles. The SMILES string of the molecule is COCCC(C)(C)CNc1snc(N)c1S(C)(=O)=O. The largest absolute Gasteiger partial charge is 0.385 e. The van der Waals surface area contributed by atoms with Gasteiger partial charge in [0.05, 0.1) is 0 Å². The summed E-state index contributed by atoms with van der Waals surface area (Å²) in [6.07, 6.45) is 2.01. The molecule has 1 aromatic rings. The molecular formula is C11H21N3O3S2. The Hall–Kier alpha value is -0.860. The Labute approximate surface area is 118 Å². The van der Waals surface area contributed by atoms with Crippen LogP contribution in [0.3, 0.4) is 0 Å². The number of nitrogen functional groups attached to an aromatic ring is 1. The van der Waals surface area contributed by atoms with E-state index in [-0.39, 0.29) is 16.1 Å². The van der Waals surface area contributed by atoms with Crippen molar-refractivity contribution in [3.63, 3.8) is 0 Å². The van der Waals surface area contributed by atoms with Gasteiger partial charge >= 0.3 is 0 Å². The monoisotopic (exact) mass is 307 g/mol. The van der Waals surface area contributed by atoms with E-state index in [0.29, 0.717) is 18.2 Å². The highest BCUT2D eigenvalue weighted by atomic mass is 32.2. The fraction of sp³-hybridized carbons (Fsp3) is 0.727. The molecule has 0 aromatic carbocycles. The molecule has 0 saturated heterocycles. The Bertz CT molecular complexity index is 523. The van der Waals surface area contributed by atoms with Crippen LogP contribution < -0.4 is 11.1 Å². The summed E-state index contributed by atoms with van der Waals surface area (Å²) in [6.45, 7) is 5.46. The summed E-state index contributed by atoms with van der Waals surface area (Å²) < 4.78 is 32.3. The first-order chi connectivity index (χ1) is 8.67. The van der Waals surface area contributed by atoms with Gasteiger partial charge in [-0.3, -0.25) is 0 Å². The molecule has 0 fully saturated rings. The molecule has 0 aliphatic carbocycles. The summed E-state index contributed by atoms with van der Waals surface area (Å²) in [5.41, 5.74) is 5.60. The minimum absolute atomic E-state index is 0.0104. The Morgan fingerprint density at radius 1 is 1.47 bits per heavy atom. The predicted octanol–water partition coefficient (Wildman–Crippen LogP) is 1.60. The number of nitrogens with zero attached hydrogens (tertiary/aromatic N) is 1. The Morgan fingerprint density at radius 2 is 2.11 bits per heavy atom. The summed E-state index contributed by atoms with van der Waals surface area (Å²) in [5.74, 6) is 0.0599. The third-order valence-corrected chi connectivity index (χ3v) is 4.86. The molecule has 6 nitrogen and oxygen atoms in total. The van der Waals surface area contributed by atoms with Crippen molar-refractivity contribution in [1.82, 2.24) is 4.37 Å². The first kappa shape index (κ1) is 16.2. The number of anilines is 2. The molecule has 3 N–H and O–H groups in total.